The van der Waals surface area contributed by atoms with E-state index >= 15 is 0 Å². The summed E-state index contributed by atoms with van der Waals surface area (Å²) in [5, 5.41) is 13.5. The molecular formula is C20H19ClN4OS. The van der Waals surface area contributed by atoms with Crippen LogP contribution < -0.4 is 10.1 Å². The third-order valence-electron chi connectivity index (χ3n) is 4.49. The Hall–Kier alpha value is -2.31. The van der Waals surface area contributed by atoms with Gasteiger partial charge in [-0.2, -0.15) is 4.98 Å². The first kappa shape index (κ1) is 18.1. The number of thioether (sulfide) groups is 1. The summed E-state index contributed by atoms with van der Waals surface area (Å²) in [6.45, 7) is 4.09. The molecule has 0 aliphatic carbocycles. The fourth-order valence-electron chi connectivity index (χ4n) is 2.81. The van der Waals surface area contributed by atoms with Crippen LogP contribution in [0.15, 0.2) is 53.7 Å². The van der Waals surface area contributed by atoms with Gasteiger partial charge >= 0.3 is 0 Å². The van der Waals surface area contributed by atoms with Crippen LogP contribution in [0.1, 0.15) is 25.8 Å². The number of benzene rings is 2. The van der Waals surface area contributed by atoms with Crippen molar-refractivity contribution in [1.82, 2.24) is 15.2 Å². The number of nitrogens with zero attached hydrogens (tertiary/aromatic N) is 3. The van der Waals surface area contributed by atoms with Gasteiger partial charge in [0.05, 0.1) is 0 Å². The van der Waals surface area contributed by atoms with Crippen LogP contribution in [0.5, 0.6) is 5.88 Å². The fourth-order valence-corrected chi connectivity index (χ4v) is 3.67. The zero-order valence-electron chi connectivity index (χ0n) is 15.1. The predicted octanol–water partition coefficient (Wildman–Crippen LogP) is 5.41. The van der Waals surface area contributed by atoms with Crippen molar-refractivity contribution in [2.24, 2.45) is 0 Å². The van der Waals surface area contributed by atoms with Crippen LogP contribution >= 0.6 is 23.4 Å². The van der Waals surface area contributed by atoms with Gasteiger partial charge in [-0.3, -0.25) is 0 Å². The number of rotatable bonds is 4. The van der Waals surface area contributed by atoms with E-state index in [1.807, 2.05) is 55.5 Å². The maximum absolute atomic E-state index is 6.23. The average Bonchev–Trinajstić information content (AvgIpc) is 2.81. The van der Waals surface area contributed by atoms with E-state index in [1.165, 1.54) is 11.8 Å². The van der Waals surface area contributed by atoms with Crippen LogP contribution in [0.2, 0.25) is 5.02 Å². The van der Waals surface area contributed by atoms with Crippen molar-refractivity contribution in [3.8, 4) is 17.1 Å². The van der Waals surface area contributed by atoms with Crippen LogP contribution in [0.25, 0.3) is 11.3 Å². The lowest BCUT2D eigenvalue weighted by Gasteiger charge is -2.29. The largest absolute Gasteiger partial charge is 0.450 e. The molecule has 0 fully saturated rings. The van der Waals surface area contributed by atoms with E-state index in [1.54, 1.807) is 0 Å². The molecule has 2 heterocycles. The van der Waals surface area contributed by atoms with Gasteiger partial charge in [0, 0.05) is 28.4 Å². The van der Waals surface area contributed by atoms with Gasteiger partial charge in [-0.15, -0.1) is 10.2 Å². The van der Waals surface area contributed by atoms with Crippen molar-refractivity contribution in [2.45, 2.75) is 36.9 Å². The molecule has 1 aliphatic rings. The Morgan fingerprint density at radius 2 is 1.89 bits per heavy atom. The van der Waals surface area contributed by atoms with E-state index in [9.17, 15) is 0 Å². The van der Waals surface area contributed by atoms with Crippen LogP contribution in [0, 0.1) is 0 Å². The molecule has 4 rings (SSSR count). The second kappa shape index (κ2) is 7.37. The molecule has 7 heteroatoms. The Bertz CT molecular complexity index is 966. The Morgan fingerprint density at radius 3 is 2.67 bits per heavy atom. The minimum absolute atomic E-state index is 0.505. The number of nitrogens with one attached hydrogen (secondary N) is 1. The number of ether oxygens (including phenoxy) is 1. The SMILES string of the molecule is CC[C@@]1(C)Nc2ccccc2-c2nnc(SCc3ccc(Cl)cc3)nc2O1. The maximum Gasteiger partial charge on any atom is 0.247 e. The van der Waals surface area contributed by atoms with Crippen LogP contribution in [-0.2, 0) is 5.75 Å². The number of hydrogen-bond acceptors (Lipinski definition) is 6. The molecule has 0 radical (unpaired) electrons. The molecular weight excluding hydrogens is 380 g/mol. The zero-order valence-corrected chi connectivity index (χ0v) is 16.6. The lowest BCUT2D eigenvalue weighted by molar-refractivity contribution is 0.109. The number of anilines is 1. The molecule has 0 bridgehead atoms. The van der Waals surface area contributed by atoms with E-state index in [4.69, 9.17) is 16.3 Å². The van der Waals surface area contributed by atoms with Gasteiger partial charge in [0.2, 0.25) is 11.0 Å². The van der Waals surface area contributed by atoms with E-state index in [0.29, 0.717) is 16.7 Å². The molecule has 0 saturated heterocycles. The Balaban J connectivity index is 1.65. The molecule has 1 aromatic heterocycles. The van der Waals surface area contributed by atoms with Gasteiger partial charge in [-0.25, -0.2) is 0 Å². The highest BCUT2D eigenvalue weighted by Crippen LogP contribution is 2.39. The third kappa shape index (κ3) is 3.87. The van der Waals surface area contributed by atoms with Crippen molar-refractivity contribution < 1.29 is 4.74 Å². The quantitative estimate of drug-likeness (QED) is 0.592. The second-order valence-corrected chi connectivity index (χ2v) is 7.90. The summed E-state index contributed by atoms with van der Waals surface area (Å²) >= 11 is 7.46. The standard InChI is InChI=1S/C20H19ClN4OS/c1-3-20(2)23-16-7-5-4-6-15(16)17-18(26-20)22-19(25-24-17)27-12-13-8-10-14(21)11-9-13/h4-11,23H,3,12H2,1-2H3/t20-/m0/s1. The summed E-state index contributed by atoms with van der Waals surface area (Å²) in [5.74, 6) is 1.24. The fraction of sp³-hybridized carbons (Fsp3) is 0.250. The van der Waals surface area contributed by atoms with Gasteiger partial charge < -0.3 is 10.1 Å². The molecule has 0 saturated carbocycles. The highest BCUT2D eigenvalue weighted by molar-refractivity contribution is 7.98. The number of halogens is 1. The monoisotopic (exact) mass is 398 g/mol. The molecule has 2 aromatic carbocycles. The molecule has 0 unspecified atom stereocenters. The molecule has 1 N–H and O–H groups in total. The summed E-state index contributed by atoms with van der Waals surface area (Å²) in [6.07, 6.45) is 0.776. The van der Waals surface area contributed by atoms with Crippen LogP contribution in [-0.4, -0.2) is 20.9 Å². The Morgan fingerprint density at radius 1 is 1.11 bits per heavy atom. The van der Waals surface area contributed by atoms with Gasteiger partial charge in [-0.1, -0.05) is 60.6 Å². The maximum atomic E-state index is 6.23. The zero-order chi connectivity index (χ0) is 18.9. The van der Waals surface area contributed by atoms with Crippen molar-refractivity contribution in [1.29, 1.82) is 0 Å². The van der Waals surface area contributed by atoms with Crippen molar-refractivity contribution in [2.75, 3.05) is 5.32 Å². The topological polar surface area (TPSA) is 59.9 Å². The summed E-state index contributed by atoms with van der Waals surface area (Å²) in [6, 6.07) is 15.7. The van der Waals surface area contributed by atoms with Crippen LogP contribution in [0.3, 0.4) is 0 Å². The summed E-state index contributed by atoms with van der Waals surface area (Å²) in [4.78, 5) is 4.65. The van der Waals surface area contributed by atoms with Gasteiger partial charge in [-0.05, 0) is 30.7 Å². The Labute approximate surface area is 167 Å². The van der Waals surface area contributed by atoms with E-state index in [0.717, 1.165) is 34.0 Å². The van der Waals surface area contributed by atoms with E-state index < -0.39 is 5.72 Å². The number of hydrogen-bond donors (Lipinski definition) is 1. The molecule has 1 atom stereocenters. The normalized spacial score (nSPS) is 17.9. The summed E-state index contributed by atoms with van der Waals surface area (Å²) in [7, 11) is 0. The van der Waals surface area contributed by atoms with Crippen molar-refractivity contribution >= 4 is 29.1 Å². The van der Waals surface area contributed by atoms with Gasteiger partial charge in [0.15, 0.2) is 11.4 Å². The van der Waals surface area contributed by atoms with Gasteiger partial charge in [0.1, 0.15) is 0 Å². The minimum Gasteiger partial charge on any atom is -0.450 e. The first-order chi connectivity index (χ1) is 13.1. The first-order valence-electron chi connectivity index (χ1n) is 8.75. The van der Waals surface area contributed by atoms with Crippen LogP contribution in [0.4, 0.5) is 5.69 Å². The number of fused-ring (bicyclic) bond motifs is 3. The van der Waals surface area contributed by atoms with Crippen molar-refractivity contribution in [3.05, 3.63) is 59.1 Å². The second-order valence-electron chi connectivity index (χ2n) is 6.52. The molecule has 5 nitrogen and oxygen atoms in total. The van der Waals surface area contributed by atoms with Gasteiger partial charge in [0.25, 0.3) is 0 Å². The lowest BCUT2D eigenvalue weighted by Crippen LogP contribution is -2.40. The predicted molar refractivity (Wildman–Crippen MR) is 109 cm³/mol. The molecule has 27 heavy (non-hydrogen) atoms. The molecule has 1 aliphatic heterocycles. The summed E-state index contributed by atoms with van der Waals surface area (Å²) < 4.78 is 6.23. The number of para-hydroxylation sites is 1. The molecule has 138 valence electrons. The minimum atomic E-state index is -0.560. The highest BCUT2D eigenvalue weighted by Gasteiger charge is 2.32. The first-order valence-corrected chi connectivity index (χ1v) is 10.1. The summed E-state index contributed by atoms with van der Waals surface area (Å²) in [5.41, 5.74) is 3.16. The Kier molecular flexibility index (Phi) is 4.93. The molecule has 0 spiro atoms. The van der Waals surface area contributed by atoms with E-state index in [2.05, 4.69) is 27.4 Å². The number of aromatic nitrogens is 3. The van der Waals surface area contributed by atoms with Crippen molar-refractivity contribution in [3.63, 3.8) is 0 Å². The molecule has 0 amide bonds. The smallest absolute Gasteiger partial charge is 0.247 e. The van der Waals surface area contributed by atoms with E-state index in [-0.39, 0.29) is 0 Å². The lowest BCUT2D eigenvalue weighted by atomic mass is 10.1. The molecule has 3 aromatic rings. The third-order valence-corrected chi connectivity index (χ3v) is 5.66. The highest BCUT2D eigenvalue weighted by atomic mass is 35.5. The average molecular weight is 399 g/mol.